The first-order valence-electron chi connectivity index (χ1n) is 6.95. The quantitative estimate of drug-likeness (QED) is 0.798. The van der Waals surface area contributed by atoms with Gasteiger partial charge in [0.2, 0.25) is 0 Å². The Morgan fingerprint density at radius 1 is 1.47 bits per heavy atom. The second-order valence-corrected chi connectivity index (χ2v) is 6.09. The van der Waals surface area contributed by atoms with Crippen molar-refractivity contribution in [2.45, 2.75) is 60.4 Å². The molecule has 1 aliphatic rings. The summed E-state index contributed by atoms with van der Waals surface area (Å²) in [5.74, 6) is 0.791. The van der Waals surface area contributed by atoms with E-state index in [4.69, 9.17) is 5.73 Å². The molecule has 102 valence electrons. The Hall–Kier alpha value is -0.500. The molecule has 17 heavy (non-hydrogen) atoms. The molecule has 1 fully saturated rings. The number of hydrogen-bond donors (Lipinski definition) is 1. The second-order valence-electron chi connectivity index (χ2n) is 6.09. The van der Waals surface area contributed by atoms with Gasteiger partial charge in [0.25, 0.3) is 0 Å². The van der Waals surface area contributed by atoms with Gasteiger partial charge < -0.3 is 10.6 Å². The number of nitrogens with two attached hydrogens (primary N) is 1. The fourth-order valence-electron chi connectivity index (χ4n) is 2.00. The third-order valence-electron chi connectivity index (χ3n) is 3.70. The van der Waals surface area contributed by atoms with E-state index in [1.807, 2.05) is 6.92 Å². The largest absolute Gasteiger partial charge is 0.373 e. The average Bonchev–Trinajstić information content (AvgIpc) is 2.22. The normalized spacial score (nSPS) is 24.6. The molecule has 1 unspecified atom stereocenters. The van der Waals surface area contributed by atoms with Gasteiger partial charge in [-0.3, -0.25) is 0 Å². The van der Waals surface area contributed by atoms with Gasteiger partial charge in [0.1, 0.15) is 0 Å². The first kappa shape index (κ1) is 16.5. The summed E-state index contributed by atoms with van der Waals surface area (Å²) in [6.45, 7) is 19.5. The van der Waals surface area contributed by atoms with Gasteiger partial charge in [-0.15, -0.1) is 0 Å². The molecule has 0 saturated carbocycles. The van der Waals surface area contributed by atoms with Crippen molar-refractivity contribution in [3.63, 3.8) is 0 Å². The van der Waals surface area contributed by atoms with Crippen LogP contribution in [0.25, 0.3) is 0 Å². The van der Waals surface area contributed by atoms with Crippen LogP contribution in [0.2, 0.25) is 0 Å². The highest BCUT2D eigenvalue weighted by atomic mass is 15.2. The van der Waals surface area contributed by atoms with Crippen molar-refractivity contribution in [2.24, 2.45) is 17.1 Å². The summed E-state index contributed by atoms with van der Waals surface area (Å²) < 4.78 is 0. The van der Waals surface area contributed by atoms with Crippen molar-refractivity contribution >= 4 is 0 Å². The van der Waals surface area contributed by atoms with Gasteiger partial charge in [0.05, 0.1) is 0 Å². The molecule has 1 rings (SSSR count). The van der Waals surface area contributed by atoms with Crippen LogP contribution in [-0.2, 0) is 0 Å². The molecule has 2 heteroatoms. The number of hydrogen-bond acceptors (Lipinski definition) is 2. The van der Waals surface area contributed by atoms with Crippen LogP contribution in [0, 0.1) is 11.3 Å². The number of nitrogens with zero attached hydrogens (tertiary/aromatic N) is 1. The molecule has 0 amide bonds. The van der Waals surface area contributed by atoms with Crippen molar-refractivity contribution in [2.75, 3.05) is 13.1 Å². The number of rotatable bonds is 2. The highest BCUT2D eigenvalue weighted by molar-refractivity contribution is 5.04. The minimum atomic E-state index is 0.0826. The minimum absolute atomic E-state index is 0.0826. The first-order chi connectivity index (χ1) is 7.76. The fourth-order valence-corrected chi connectivity index (χ4v) is 2.00. The van der Waals surface area contributed by atoms with E-state index in [1.54, 1.807) is 0 Å². The summed E-state index contributed by atoms with van der Waals surface area (Å²) in [5.41, 5.74) is 7.32. The van der Waals surface area contributed by atoms with Crippen LogP contribution in [0.1, 0.15) is 54.4 Å². The van der Waals surface area contributed by atoms with E-state index < -0.39 is 0 Å². The monoisotopic (exact) mass is 240 g/mol. The van der Waals surface area contributed by atoms with E-state index in [1.165, 1.54) is 12.8 Å². The molecule has 0 spiro atoms. The van der Waals surface area contributed by atoms with Crippen molar-refractivity contribution in [3.8, 4) is 0 Å². The molecular formula is C15H32N2. The molecule has 0 aromatic carbocycles. The lowest BCUT2D eigenvalue weighted by Crippen LogP contribution is -2.46. The Balaban J connectivity index is 0.000000770. The summed E-state index contributed by atoms with van der Waals surface area (Å²) >= 11 is 0. The maximum atomic E-state index is 5.85. The van der Waals surface area contributed by atoms with Crippen LogP contribution >= 0.6 is 0 Å². The zero-order valence-corrected chi connectivity index (χ0v) is 12.7. The topological polar surface area (TPSA) is 29.3 Å². The van der Waals surface area contributed by atoms with E-state index in [0.29, 0.717) is 5.41 Å². The summed E-state index contributed by atoms with van der Waals surface area (Å²) in [6.07, 6.45) is 2.50. The highest BCUT2D eigenvalue weighted by Gasteiger charge is 2.33. The summed E-state index contributed by atoms with van der Waals surface area (Å²) in [7, 11) is 0. The van der Waals surface area contributed by atoms with Crippen LogP contribution in [-0.4, -0.2) is 24.0 Å². The van der Waals surface area contributed by atoms with Crippen LogP contribution in [0.4, 0.5) is 0 Å². The lowest BCUT2D eigenvalue weighted by molar-refractivity contribution is 0.0844. The molecular weight excluding hydrogens is 208 g/mol. The molecule has 2 nitrogen and oxygen atoms in total. The first-order valence-corrected chi connectivity index (χ1v) is 6.95. The van der Waals surface area contributed by atoms with E-state index in [0.717, 1.165) is 24.7 Å². The molecule has 2 atom stereocenters. The Labute approximate surface area is 108 Å². The van der Waals surface area contributed by atoms with Crippen LogP contribution in [0.3, 0.4) is 0 Å². The van der Waals surface area contributed by atoms with Gasteiger partial charge in [0, 0.05) is 24.8 Å². The zero-order valence-electron chi connectivity index (χ0n) is 12.7. The van der Waals surface area contributed by atoms with Gasteiger partial charge in [-0.2, -0.15) is 0 Å². The Morgan fingerprint density at radius 2 is 1.94 bits per heavy atom. The van der Waals surface area contributed by atoms with E-state index >= 15 is 0 Å². The van der Waals surface area contributed by atoms with Crippen molar-refractivity contribution in [1.29, 1.82) is 0 Å². The molecule has 2 N–H and O–H groups in total. The Kier molecular flexibility index (Phi) is 6.84. The van der Waals surface area contributed by atoms with Crippen LogP contribution < -0.4 is 5.73 Å². The molecule has 0 aliphatic carbocycles. The predicted molar refractivity (Wildman–Crippen MR) is 77.9 cm³/mol. The van der Waals surface area contributed by atoms with E-state index in [2.05, 4.69) is 46.1 Å². The summed E-state index contributed by atoms with van der Waals surface area (Å²) in [5, 5.41) is 0. The zero-order chi connectivity index (χ0) is 13.6. The van der Waals surface area contributed by atoms with E-state index in [-0.39, 0.29) is 6.04 Å². The van der Waals surface area contributed by atoms with Gasteiger partial charge in [-0.1, -0.05) is 47.6 Å². The number of likely N-dealkylation sites (tertiary alicyclic amines) is 1. The van der Waals surface area contributed by atoms with Crippen molar-refractivity contribution in [1.82, 2.24) is 4.90 Å². The van der Waals surface area contributed by atoms with Crippen molar-refractivity contribution in [3.05, 3.63) is 12.3 Å². The molecule has 0 radical (unpaired) electrons. The Bertz CT molecular complexity index is 231. The molecule has 0 aromatic heterocycles. The second kappa shape index (κ2) is 7.05. The predicted octanol–water partition coefficient (Wildman–Crippen LogP) is 3.63. The van der Waals surface area contributed by atoms with Gasteiger partial charge >= 0.3 is 0 Å². The average molecular weight is 240 g/mol. The smallest absolute Gasteiger partial charge is 0.0411 e. The molecule has 1 heterocycles. The minimum Gasteiger partial charge on any atom is -0.373 e. The van der Waals surface area contributed by atoms with E-state index in [9.17, 15) is 0 Å². The third-order valence-corrected chi connectivity index (χ3v) is 3.70. The van der Waals surface area contributed by atoms with Gasteiger partial charge in [-0.25, -0.2) is 0 Å². The maximum Gasteiger partial charge on any atom is 0.0411 e. The van der Waals surface area contributed by atoms with Crippen LogP contribution in [0.15, 0.2) is 12.3 Å². The lowest BCUT2D eigenvalue weighted by Gasteiger charge is -2.45. The number of piperidine rings is 1. The third kappa shape index (κ3) is 5.12. The fraction of sp³-hybridized carbons (Fsp3) is 0.867. The maximum absolute atomic E-state index is 5.85. The summed E-state index contributed by atoms with van der Waals surface area (Å²) in [4.78, 5) is 2.35. The molecule has 1 saturated heterocycles. The van der Waals surface area contributed by atoms with Gasteiger partial charge in [0.15, 0.2) is 0 Å². The standard InChI is InChI=1S/C12H24N2.C3H8/c1-9-6-7-14(8-12(9,4)5)11(3)10(2)13;1-3-2/h9-10H,3,6-8,13H2,1-2,4-5H3;3H2,1-2H3/t9?,10-;/m1./s1. The SMILES string of the molecule is C=C([C@@H](C)N)N1CCC(C)C(C)(C)C1.CCC. The Morgan fingerprint density at radius 3 is 2.29 bits per heavy atom. The highest BCUT2D eigenvalue weighted by Crippen LogP contribution is 2.35. The lowest BCUT2D eigenvalue weighted by atomic mass is 9.75. The van der Waals surface area contributed by atoms with Crippen LogP contribution in [0.5, 0.6) is 0 Å². The molecule has 0 aromatic rings. The molecule has 1 aliphatic heterocycles. The summed E-state index contributed by atoms with van der Waals surface area (Å²) in [6, 6.07) is 0.0826. The van der Waals surface area contributed by atoms with Crippen molar-refractivity contribution < 1.29 is 0 Å². The van der Waals surface area contributed by atoms with Gasteiger partial charge in [-0.05, 0) is 24.7 Å². The molecule has 0 bridgehead atoms.